The molecule has 0 bridgehead atoms. The fourth-order valence-electron chi connectivity index (χ4n) is 1.16. The molecule has 0 rings (SSSR count). The standard InChI is InChI=1S/C10H22ClNO3S/c1-10(2,5-7-13)9-12-16(14,15)8-4-3-6-11/h12-13H,3-9H2,1-2H3. The third-order valence-electron chi connectivity index (χ3n) is 2.36. The second kappa shape index (κ2) is 7.48. The van der Waals surface area contributed by atoms with Crippen LogP contribution in [0.4, 0.5) is 0 Å². The van der Waals surface area contributed by atoms with E-state index in [-0.39, 0.29) is 17.8 Å². The fraction of sp³-hybridized carbons (Fsp3) is 1.00. The van der Waals surface area contributed by atoms with Gasteiger partial charge in [0.2, 0.25) is 10.0 Å². The van der Waals surface area contributed by atoms with Crippen LogP contribution in [0.15, 0.2) is 0 Å². The highest BCUT2D eigenvalue weighted by Crippen LogP contribution is 2.18. The van der Waals surface area contributed by atoms with E-state index in [2.05, 4.69) is 4.72 Å². The lowest BCUT2D eigenvalue weighted by molar-refractivity contribution is 0.213. The molecule has 16 heavy (non-hydrogen) atoms. The molecule has 0 amide bonds. The van der Waals surface area contributed by atoms with Gasteiger partial charge in [0, 0.05) is 19.0 Å². The van der Waals surface area contributed by atoms with Crippen LogP contribution in [0.2, 0.25) is 0 Å². The smallest absolute Gasteiger partial charge is 0.211 e. The molecule has 0 saturated carbocycles. The Bertz CT molecular complexity index is 278. The number of hydrogen-bond acceptors (Lipinski definition) is 3. The van der Waals surface area contributed by atoms with E-state index in [9.17, 15) is 8.42 Å². The maximum Gasteiger partial charge on any atom is 0.211 e. The largest absolute Gasteiger partial charge is 0.396 e. The molecular weight excluding hydrogens is 250 g/mol. The Labute approximate surface area is 103 Å². The zero-order valence-corrected chi connectivity index (χ0v) is 11.6. The summed E-state index contributed by atoms with van der Waals surface area (Å²) in [6.45, 7) is 4.27. The normalized spacial score (nSPS) is 13.0. The lowest BCUT2D eigenvalue weighted by Gasteiger charge is -2.23. The van der Waals surface area contributed by atoms with Gasteiger partial charge in [-0.15, -0.1) is 11.6 Å². The van der Waals surface area contributed by atoms with Crippen molar-refractivity contribution in [1.29, 1.82) is 0 Å². The molecular formula is C10H22ClNO3S. The molecule has 0 heterocycles. The van der Waals surface area contributed by atoms with Crippen molar-refractivity contribution in [2.75, 3.05) is 24.8 Å². The average Bonchev–Trinajstić information content (AvgIpc) is 2.16. The zero-order chi connectivity index (χ0) is 12.7. The lowest BCUT2D eigenvalue weighted by Crippen LogP contribution is -2.35. The third kappa shape index (κ3) is 8.33. The third-order valence-corrected chi connectivity index (χ3v) is 4.03. The highest BCUT2D eigenvalue weighted by molar-refractivity contribution is 7.89. The quantitative estimate of drug-likeness (QED) is 0.491. The van der Waals surface area contributed by atoms with Crippen molar-refractivity contribution in [3.63, 3.8) is 0 Å². The number of rotatable bonds is 9. The number of sulfonamides is 1. The van der Waals surface area contributed by atoms with Crippen LogP contribution < -0.4 is 4.72 Å². The van der Waals surface area contributed by atoms with Gasteiger partial charge in [-0.3, -0.25) is 0 Å². The van der Waals surface area contributed by atoms with Crippen LogP contribution in [0.3, 0.4) is 0 Å². The Morgan fingerprint density at radius 3 is 2.44 bits per heavy atom. The Morgan fingerprint density at radius 2 is 1.94 bits per heavy atom. The molecule has 6 heteroatoms. The summed E-state index contributed by atoms with van der Waals surface area (Å²) in [4.78, 5) is 0. The van der Waals surface area contributed by atoms with E-state index in [1.54, 1.807) is 0 Å². The van der Waals surface area contributed by atoms with E-state index in [0.29, 0.717) is 31.7 Å². The van der Waals surface area contributed by atoms with Crippen LogP contribution in [0.5, 0.6) is 0 Å². The van der Waals surface area contributed by atoms with Gasteiger partial charge in [-0.05, 0) is 24.7 Å². The van der Waals surface area contributed by atoms with E-state index in [1.807, 2.05) is 13.8 Å². The van der Waals surface area contributed by atoms with E-state index in [1.165, 1.54) is 0 Å². The molecule has 4 nitrogen and oxygen atoms in total. The molecule has 0 aromatic carbocycles. The minimum Gasteiger partial charge on any atom is -0.396 e. The second-order valence-corrected chi connectivity index (χ2v) is 6.98. The monoisotopic (exact) mass is 271 g/mol. The molecule has 0 aromatic heterocycles. The van der Waals surface area contributed by atoms with Crippen molar-refractivity contribution in [1.82, 2.24) is 4.72 Å². The Kier molecular flexibility index (Phi) is 7.55. The SMILES string of the molecule is CC(C)(CCO)CNS(=O)(=O)CCCCCl. The molecule has 0 unspecified atom stereocenters. The van der Waals surface area contributed by atoms with Crippen molar-refractivity contribution >= 4 is 21.6 Å². The first-order valence-corrected chi connectivity index (χ1v) is 7.66. The minimum atomic E-state index is -3.20. The Morgan fingerprint density at radius 1 is 1.31 bits per heavy atom. The predicted molar refractivity (Wildman–Crippen MR) is 67.2 cm³/mol. The van der Waals surface area contributed by atoms with Crippen LogP contribution >= 0.6 is 11.6 Å². The number of unbranched alkanes of at least 4 members (excludes halogenated alkanes) is 1. The molecule has 98 valence electrons. The van der Waals surface area contributed by atoms with Crippen molar-refractivity contribution < 1.29 is 13.5 Å². The second-order valence-electron chi connectivity index (χ2n) is 4.67. The van der Waals surface area contributed by atoms with E-state index in [0.717, 1.165) is 0 Å². The average molecular weight is 272 g/mol. The summed E-state index contributed by atoms with van der Waals surface area (Å²) < 4.78 is 25.6. The molecule has 0 radical (unpaired) electrons. The molecule has 0 spiro atoms. The van der Waals surface area contributed by atoms with Gasteiger partial charge in [0.15, 0.2) is 0 Å². The Hall–Kier alpha value is 0.160. The number of hydrogen-bond donors (Lipinski definition) is 2. The summed E-state index contributed by atoms with van der Waals surface area (Å²) in [7, 11) is -3.20. The highest BCUT2D eigenvalue weighted by atomic mass is 35.5. The number of halogens is 1. The summed E-state index contributed by atoms with van der Waals surface area (Å²) in [5.41, 5.74) is -0.214. The van der Waals surface area contributed by atoms with E-state index >= 15 is 0 Å². The number of alkyl halides is 1. The molecule has 0 aliphatic carbocycles. The molecule has 2 N–H and O–H groups in total. The molecule has 0 aliphatic rings. The van der Waals surface area contributed by atoms with Gasteiger partial charge in [-0.25, -0.2) is 13.1 Å². The van der Waals surface area contributed by atoms with Crippen LogP contribution in [-0.4, -0.2) is 38.3 Å². The number of aliphatic hydroxyl groups is 1. The van der Waals surface area contributed by atoms with E-state index < -0.39 is 10.0 Å². The van der Waals surface area contributed by atoms with Crippen LogP contribution in [0.1, 0.15) is 33.1 Å². The van der Waals surface area contributed by atoms with Gasteiger partial charge in [0.25, 0.3) is 0 Å². The van der Waals surface area contributed by atoms with Crippen LogP contribution in [-0.2, 0) is 10.0 Å². The lowest BCUT2D eigenvalue weighted by atomic mass is 9.90. The topological polar surface area (TPSA) is 66.4 Å². The summed E-state index contributed by atoms with van der Waals surface area (Å²) in [6.07, 6.45) is 1.87. The molecule has 0 saturated heterocycles. The van der Waals surface area contributed by atoms with Crippen molar-refractivity contribution in [2.45, 2.75) is 33.1 Å². The highest BCUT2D eigenvalue weighted by Gasteiger charge is 2.20. The molecule has 0 aliphatic heterocycles. The number of aliphatic hydroxyl groups excluding tert-OH is 1. The van der Waals surface area contributed by atoms with Gasteiger partial charge < -0.3 is 5.11 Å². The van der Waals surface area contributed by atoms with Crippen LogP contribution in [0, 0.1) is 5.41 Å². The van der Waals surface area contributed by atoms with Gasteiger partial charge >= 0.3 is 0 Å². The van der Waals surface area contributed by atoms with Crippen molar-refractivity contribution in [3.05, 3.63) is 0 Å². The van der Waals surface area contributed by atoms with Gasteiger partial charge in [0.1, 0.15) is 0 Å². The molecule has 0 aromatic rings. The summed E-state index contributed by atoms with van der Waals surface area (Å²) >= 11 is 5.48. The van der Waals surface area contributed by atoms with E-state index in [4.69, 9.17) is 16.7 Å². The van der Waals surface area contributed by atoms with Gasteiger partial charge in [-0.2, -0.15) is 0 Å². The molecule has 0 atom stereocenters. The Balaban J connectivity index is 3.98. The van der Waals surface area contributed by atoms with Gasteiger partial charge in [0.05, 0.1) is 5.75 Å². The van der Waals surface area contributed by atoms with Gasteiger partial charge in [-0.1, -0.05) is 13.8 Å². The van der Waals surface area contributed by atoms with Crippen LogP contribution in [0.25, 0.3) is 0 Å². The summed E-state index contributed by atoms with van der Waals surface area (Å²) in [6, 6.07) is 0. The summed E-state index contributed by atoms with van der Waals surface area (Å²) in [5.74, 6) is 0.612. The first-order chi connectivity index (χ1) is 7.33. The maximum atomic E-state index is 11.5. The molecule has 0 fully saturated rings. The minimum absolute atomic E-state index is 0.0704. The van der Waals surface area contributed by atoms with Crippen molar-refractivity contribution in [3.8, 4) is 0 Å². The van der Waals surface area contributed by atoms with Crippen molar-refractivity contribution in [2.24, 2.45) is 5.41 Å². The first kappa shape index (κ1) is 16.2. The summed E-state index contributed by atoms with van der Waals surface area (Å²) in [5, 5.41) is 8.81. The first-order valence-electron chi connectivity index (χ1n) is 5.47. The predicted octanol–water partition coefficient (Wildman–Crippen LogP) is 1.33. The fourth-order valence-corrected chi connectivity index (χ4v) is 2.68. The zero-order valence-electron chi connectivity index (χ0n) is 10.00. The number of nitrogens with one attached hydrogen (secondary N) is 1. The maximum absolute atomic E-state index is 11.5.